The molecule has 2 N–H and O–H groups in total. The highest BCUT2D eigenvalue weighted by molar-refractivity contribution is 5.94. The Morgan fingerprint density at radius 2 is 2.14 bits per heavy atom. The molecular formula is C16H19N3O3. The lowest BCUT2D eigenvalue weighted by molar-refractivity contribution is -0.116. The van der Waals surface area contributed by atoms with Crippen molar-refractivity contribution in [3.63, 3.8) is 0 Å². The Bertz CT molecular complexity index is 694. The molecule has 1 aromatic carbocycles. The van der Waals surface area contributed by atoms with Crippen LogP contribution in [0.15, 0.2) is 24.4 Å². The van der Waals surface area contributed by atoms with Crippen molar-refractivity contribution in [2.45, 2.75) is 32.3 Å². The third-order valence-electron chi connectivity index (χ3n) is 3.65. The lowest BCUT2D eigenvalue weighted by atomic mass is 9.87. The molecule has 0 aliphatic carbocycles. The highest BCUT2D eigenvalue weighted by Crippen LogP contribution is 2.39. The number of hydrogen-bond acceptors (Lipinski definition) is 4. The lowest BCUT2D eigenvalue weighted by Gasteiger charge is -2.23. The first-order valence-corrected chi connectivity index (χ1v) is 7.26. The number of hydrogen-bond donors (Lipinski definition) is 2. The van der Waals surface area contributed by atoms with Crippen molar-refractivity contribution in [1.82, 2.24) is 10.2 Å². The van der Waals surface area contributed by atoms with Crippen molar-refractivity contribution >= 4 is 11.7 Å². The van der Waals surface area contributed by atoms with Crippen molar-refractivity contribution in [2.75, 3.05) is 12.4 Å². The monoisotopic (exact) mass is 301 g/mol. The third kappa shape index (κ3) is 2.64. The second kappa shape index (κ2) is 5.71. The topological polar surface area (TPSA) is 76.2 Å². The first-order chi connectivity index (χ1) is 10.6. The van der Waals surface area contributed by atoms with Gasteiger partial charge in [-0.05, 0) is 31.5 Å². The van der Waals surface area contributed by atoms with E-state index in [0.29, 0.717) is 23.7 Å². The molecule has 0 bridgehead atoms. The summed E-state index contributed by atoms with van der Waals surface area (Å²) >= 11 is 0. The number of rotatable bonds is 4. The summed E-state index contributed by atoms with van der Waals surface area (Å²) in [6.07, 6.45) is 2.19. The molecule has 0 spiro atoms. The van der Waals surface area contributed by atoms with E-state index in [0.717, 1.165) is 11.1 Å². The number of amides is 1. The molecular weight excluding hydrogens is 282 g/mol. The van der Waals surface area contributed by atoms with Gasteiger partial charge in [0.2, 0.25) is 5.91 Å². The van der Waals surface area contributed by atoms with E-state index in [1.165, 1.54) is 0 Å². The van der Waals surface area contributed by atoms with Crippen LogP contribution in [0.1, 0.15) is 37.3 Å². The van der Waals surface area contributed by atoms with Crippen LogP contribution in [0, 0.1) is 0 Å². The minimum atomic E-state index is -0.0390. The van der Waals surface area contributed by atoms with Crippen LogP contribution >= 0.6 is 0 Å². The van der Waals surface area contributed by atoms with Crippen molar-refractivity contribution in [1.29, 1.82) is 0 Å². The van der Waals surface area contributed by atoms with Gasteiger partial charge in [-0.1, -0.05) is 6.07 Å². The first-order valence-electron chi connectivity index (χ1n) is 7.26. The zero-order chi connectivity index (χ0) is 15.7. The normalized spacial score (nSPS) is 17.1. The van der Waals surface area contributed by atoms with E-state index in [9.17, 15) is 4.79 Å². The predicted molar refractivity (Wildman–Crippen MR) is 82.4 cm³/mol. The van der Waals surface area contributed by atoms with Crippen molar-refractivity contribution in [3.05, 3.63) is 35.5 Å². The molecule has 1 aliphatic heterocycles. The van der Waals surface area contributed by atoms with Crippen LogP contribution in [-0.4, -0.2) is 29.3 Å². The molecule has 6 nitrogen and oxygen atoms in total. The van der Waals surface area contributed by atoms with Crippen LogP contribution in [0.4, 0.5) is 5.82 Å². The van der Waals surface area contributed by atoms with E-state index in [2.05, 4.69) is 15.5 Å². The molecule has 6 heteroatoms. The highest BCUT2D eigenvalue weighted by atomic mass is 16.5. The van der Waals surface area contributed by atoms with Crippen LogP contribution in [0.5, 0.6) is 11.5 Å². The number of anilines is 1. The molecule has 1 aromatic heterocycles. The van der Waals surface area contributed by atoms with Crippen LogP contribution in [0.3, 0.4) is 0 Å². The molecule has 0 fully saturated rings. The second-order valence-corrected chi connectivity index (χ2v) is 5.58. The molecule has 1 aliphatic rings. The van der Waals surface area contributed by atoms with E-state index in [1.807, 2.05) is 32.0 Å². The molecule has 0 radical (unpaired) electrons. The molecule has 1 atom stereocenters. The van der Waals surface area contributed by atoms with Crippen LogP contribution in [0.2, 0.25) is 0 Å². The van der Waals surface area contributed by atoms with Crippen LogP contribution in [0.25, 0.3) is 0 Å². The van der Waals surface area contributed by atoms with Crippen LogP contribution < -0.4 is 14.8 Å². The molecule has 0 saturated carbocycles. The Balaban J connectivity index is 2.00. The summed E-state index contributed by atoms with van der Waals surface area (Å²) in [7, 11) is 1.62. The van der Waals surface area contributed by atoms with E-state index >= 15 is 0 Å². The van der Waals surface area contributed by atoms with E-state index in [1.54, 1.807) is 13.3 Å². The molecule has 1 amide bonds. The number of carbonyl (C=O) groups is 1. The number of benzene rings is 1. The summed E-state index contributed by atoms with van der Waals surface area (Å²) in [6.45, 7) is 3.93. The lowest BCUT2D eigenvalue weighted by Crippen LogP contribution is -2.23. The fraction of sp³-hybridized carbons (Fsp3) is 0.375. The van der Waals surface area contributed by atoms with Gasteiger partial charge in [0.1, 0.15) is 5.82 Å². The van der Waals surface area contributed by atoms with Gasteiger partial charge in [-0.25, -0.2) is 0 Å². The van der Waals surface area contributed by atoms with Gasteiger partial charge in [0.25, 0.3) is 0 Å². The molecule has 22 heavy (non-hydrogen) atoms. The predicted octanol–water partition coefficient (Wildman–Crippen LogP) is 2.68. The summed E-state index contributed by atoms with van der Waals surface area (Å²) in [5.41, 5.74) is 1.99. The van der Waals surface area contributed by atoms with Gasteiger partial charge < -0.3 is 14.8 Å². The summed E-state index contributed by atoms with van der Waals surface area (Å²) in [6, 6.07) is 5.78. The van der Waals surface area contributed by atoms with E-state index in [-0.39, 0.29) is 17.9 Å². The Labute approximate surface area is 128 Å². The standard InChI is InChI=1S/C16H19N3O3/c1-9(2)22-14-6-10(4-5-13(14)21-3)11-7-15(20)18-16-12(11)8-17-19-16/h4-6,8-9,11H,7H2,1-3H3,(H2,17,18,19,20)/t11-/m1/s1. The fourth-order valence-electron chi connectivity index (χ4n) is 2.70. The first kappa shape index (κ1) is 14.4. The Morgan fingerprint density at radius 3 is 2.86 bits per heavy atom. The zero-order valence-electron chi connectivity index (χ0n) is 12.8. The maximum Gasteiger partial charge on any atom is 0.226 e. The number of H-pyrrole nitrogens is 1. The number of fused-ring (bicyclic) bond motifs is 1. The average molecular weight is 301 g/mol. The largest absolute Gasteiger partial charge is 0.493 e. The van der Waals surface area contributed by atoms with Crippen LogP contribution in [-0.2, 0) is 4.79 Å². The summed E-state index contributed by atoms with van der Waals surface area (Å²) in [5.74, 6) is 1.98. The maximum absolute atomic E-state index is 11.9. The summed E-state index contributed by atoms with van der Waals surface area (Å²) < 4.78 is 11.2. The number of nitrogens with zero attached hydrogens (tertiary/aromatic N) is 1. The summed E-state index contributed by atoms with van der Waals surface area (Å²) in [4.78, 5) is 11.9. The van der Waals surface area contributed by atoms with Gasteiger partial charge in [-0.15, -0.1) is 0 Å². The second-order valence-electron chi connectivity index (χ2n) is 5.58. The third-order valence-corrected chi connectivity index (χ3v) is 3.65. The molecule has 0 unspecified atom stereocenters. The molecule has 2 heterocycles. The van der Waals surface area contributed by atoms with Gasteiger partial charge in [0.05, 0.1) is 19.4 Å². The Kier molecular flexibility index (Phi) is 3.75. The number of carbonyl (C=O) groups excluding carboxylic acids is 1. The minimum Gasteiger partial charge on any atom is -0.493 e. The summed E-state index contributed by atoms with van der Waals surface area (Å²) in [5, 5.41) is 9.64. The van der Waals surface area contributed by atoms with Crippen molar-refractivity contribution < 1.29 is 14.3 Å². The Morgan fingerprint density at radius 1 is 1.32 bits per heavy atom. The minimum absolute atomic E-state index is 0.0242. The van der Waals surface area contributed by atoms with Gasteiger partial charge in [-0.3, -0.25) is 9.89 Å². The van der Waals surface area contributed by atoms with Gasteiger partial charge in [-0.2, -0.15) is 5.10 Å². The average Bonchev–Trinajstić information content (AvgIpc) is 2.93. The number of aromatic amines is 1. The Hall–Kier alpha value is -2.50. The smallest absolute Gasteiger partial charge is 0.226 e. The maximum atomic E-state index is 11.9. The van der Waals surface area contributed by atoms with Gasteiger partial charge in [0.15, 0.2) is 11.5 Å². The van der Waals surface area contributed by atoms with Gasteiger partial charge in [0, 0.05) is 17.9 Å². The van der Waals surface area contributed by atoms with E-state index < -0.39 is 0 Å². The molecule has 3 rings (SSSR count). The SMILES string of the molecule is COc1ccc([C@H]2CC(=O)Nc3[nH]ncc32)cc1OC(C)C. The number of aromatic nitrogens is 2. The number of methoxy groups -OCH3 is 1. The van der Waals surface area contributed by atoms with Crippen molar-refractivity contribution in [2.24, 2.45) is 0 Å². The van der Waals surface area contributed by atoms with Crippen molar-refractivity contribution in [3.8, 4) is 11.5 Å². The van der Waals surface area contributed by atoms with Gasteiger partial charge >= 0.3 is 0 Å². The zero-order valence-corrected chi connectivity index (χ0v) is 12.8. The molecule has 0 saturated heterocycles. The molecule has 116 valence electrons. The molecule has 2 aromatic rings. The highest BCUT2D eigenvalue weighted by Gasteiger charge is 2.28. The van der Waals surface area contributed by atoms with E-state index in [4.69, 9.17) is 9.47 Å². The quantitative estimate of drug-likeness (QED) is 0.910. The number of nitrogens with one attached hydrogen (secondary N) is 2. The number of ether oxygens (including phenoxy) is 2. The fourth-order valence-corrected chi connectivity index (χ4v) is 2.70.